The van der Waals surface area contributed by atoms with Gasteiger partial charge in [0, 0.05) is 52.9 Å². The quantitative estimate of drug-likeness (QED) is 0.197. The van der Waals surface area contributed by atoms with Crippen molar-refractivity contribution in [3.05, 3.63) is 78.2 Å². The molecule has 2 atom stereocenters. The number of nitrogens with zero attached hydrogens (tertiary/aromatic N) is 2. The predicted molar refractivity (Wildman–Crippen MR) is 224 cm³/mol. The molecule has 4 N–H and O–H groups in total. The lowest BCUT2D eigenvalue weighted by Crippen LogP contribution is -2.52. The molecule has 3 aromatic rings. The van der Waals surface area contributed by atoms with Crippen LogP contribution in [0.4, 0.5) is 0 Å². The first-order valence-electron chi connectivity index (χ1n) is 20.9. The van der Waals surface area contributed by atoms with E-state index in [4.69, 9.17) is 0 Å². The van der Waals surface area contributed by atoms with Crippen LogP contribution in [0, 0.1) is 11.8 Å². The third-order valence-corrected chi connectivity index (χ3v) is 14.3. The molecule has 4 aliphatic heterocycles. The topological polar surface area (TPSA) is 191 Å². The summed E-state index contributed by atoms with van der Waals surface area (Å²) in [5, 5.41) is 14.2. The van der Waals surface area contributed by atoms with Crippen molar-refractivity contribution in [1.82, 2.24) is 31.1 Å². The molecule has 2 unspecified atom stereocenters. The predicted octanol–water partition coefficient (Wildman–Crippen LogP) is 4.83. The molecule has 3 fully saturated rings. The first kappa shape index (κ1) is 42.9. The number of amides is 8. The molecule has 60 heavy (non-hydrogen) atoms. The number of rotatable bonds is 11. The van der Waals surface area contributed by atoms with Gasteiger partial charge in [0.05, 0.1) is 30.6 Å². The molecule has 2 aromatic heterocycles. The number of fused-ring (bicyclic) bond motifs is 2. The summed E-state index contributed by atoms with van der Waals surface area (Å²) in [6.45, 7) is 7.98. The molecular weight excluding hydrogens is 805 g/mol. The van der Waals surface area contributed by atoms with E-state index in [1.165, 1.54) is 46.0 Å². The summed E-state index contributed by atoms with van der Waals surface area (Å²) in [4.78, 5) is 102. The van der Waals surface area contributed by atoms with Gasteiger partial charge < -0.3 is 20.4 Å². The molecule has 1 aliphatic carbocycles. The lowest BCUT2D eigenvalue weighted by molar-refractivity contribution is -0.138. The van der Waals surface area contributed by atoms with Gasteiger partial charge in [0.25, 0.3) is 11.8 Å². The maximum absolute atomic E-state index is 12.8. The van der Waals surface area contributed by atoms with E-state index in [1.54, 1.807) is 10.3 Å². The van der Waals surface area contributed by atoms with Crippen molar-refractivity contribution in [1.29, 1.82) is 0 Å². The molecule has 14 nitrogen and oxygen atoms in total. The van der Waals surface area contributed by atoms with E-state index >= 15 is 0 Å². The van der Waals surface area contributed by atoms with Crippen molar-refractivity contribution in [2.45, 2.75) is 129 Å². The number of benzene rings is 1. The van der Waals surface area contributed by atoms with E-state index in [0.717, 1.165) is 45.2 Å². The van der Waals surface area contributed by atoms with Gasteiger partial charge in [0.2, 0.25) is 35.4 Å². The maximum Gasteiger partial charge on any atom is 0.256 e. The largest absolute Gasteiger partial charge is 0.351 e. The number of thiophene rings is 2. The second-order valence-corrected chi connectivity index (χ2v) is 18.8. The zero-order valence-electron chi connectivity index (χ0n) is 34.2. The third-order valence-electron chi connectivity index (χ3n) is 12.3. The molecule has 2 saturated heterocycles. The third kappa shape index (κ3) is 9.70. The molecule has 8 rings (SSSR count). The van der Waals surface area contributed by atoms with Gasteiger partial charge in [-0.1, -0.05) is 57.9 Å². The van der Waals surface area contributed by atoms with Gasteiger partial charge >= 0.3 is 0 Å². The van der Waals surface area contributed by atoms with Crippen LogP contribution in [0.3, 0.4) is 0 Å². The molecule has 1 saturated carbocycles. The summed E-state index contributed by atoms with van der Waals surface area (Å²) >= 11 is 2.92. The Hall–Kier alpha value is -5.22. The minimum Gasteiger partial charge on any atom is -0.351 e. The summed E-state index contributed by atoms with van der Waals surface area (Å²) in [6, 6.07) is 6.83. The second kappa shape index (κ2) is 18.6. The van der Waals surface area contributed by atoms with Gasteiger partial charge in [-0.25, -0.2) is 0 Å². The normalized spacial score (nSPS) is 22.5. The number of imide groups is 2. The Balaban J connectivity index is 0.000000182. The van der Waals surface area contributed by atoms with Crippen molar-refractivity contribution < 1.29 is 38.4 Å². The standard InChI is InChI=1S/C23H25N3O4S.C21H27N3O4S/c1-13(2)15-5-3-14(4-6-15)9-21(28)24-10-19-16-11-26(23(30)17(16)12-31-19)18-7-8-20(27)25-22(18)29;1-12-2-4-13(5-3-12)8-19(26)22-9-17-14-10-24(21(28)15(14)11-29-17)16-6-7-18(25)23-20(16)27/h3-6,12-13,18H,7-11H2,1-2H3,(H,24,28)(H,25,27,29);11-13,16H,2-10H2,1H3,(H,22,26)(H,23,25,27). The fourth-order valence-corrected chi connectivity index (χ4v) is 10.5. The molecule has 0 radical (unpaired) electrons. The van der Waals surface area contributed by atoms with Gasteiger partial charge in [-0.2, -0.15) is 0 Å². The van der Waals surface area contributed by atoms with Crippen molar-refractivity contribution in [3.63, 3.8) is 0 Å². The number of nitrogens with one attached hydrogen (secondary N) is 4. The van der Waals surface area contributed by atoms with E-state index in [9.17, 15) is 38.4 Å². The Morgan fingerprint density at radius 3 is 1.65 bits per heavy atom. The lowest BCUT2D eigenvalue weighted by Gasteiger charge is -2.29. The Labute approximate surface area is 357 Å². The van der Waals surface area contributed by atoms with Crippen molar-refractivity contribution >= 4 is 69.9 Å². The molecule has 6 heterocycles. The van der Waals surface area contributed by atoms with Crippen LogP contribution in [0.25, 0.3) is 0 Å². The highest BCUT2D eigenvalue weighted by Crippen LogP contribution is 2.36. The molecule has 5 aliphatic rings. The number of carbonyl (C=O) groups is 8. The summed E-state index contributed by atoms with van der Waals surface area (Å²) in [6.07, 6.45) is 6.70. The number of piperidine rings is 2. The Morgan fingerprint density at radius 1 is 0.700 bits per heavy atom. The fourth-order valence-electron chi connectivity index (χ4n) is 8.60. The minimum absolute atomic E-state index is 0.0676. The van der Waals surface area contributed by atoms with Crippen LogP contribution in [0.15, 0.2) is 35.0 Å². The van der Waals surface area contributed by atoms with E-state index in [1.807, 2.05) is 17.5 Å². The molecule has 8 amide bonds. The smallest absolute Gasteiger partial charge is 0.256 e. The summed E-state index contributed by atoms with van der Waals surface area (Å²) in [7, 11) is 0. The second-order valence-electron chi connectivity index (χ2n) is 16.9. The number of carbonyl (C=O) groups excluding carboxylic acids is 8. The van der Waals surface area contributed by atoms with E-state index in [2.05, 4.69) is 54.2 Å². The fraction of sp³-hybridized carbons (Fsp3) is 0.500. The SMILES string of the molecule is CC(C)c1ccc(CC(=O)NCc2scc3c2CN(C2CCC(=O)NC2=O)C3=O)cc1.CC1CCC(CC(=O)NCc2scc3c2CN(C2CCC(=O)NC2=O)C3=O)CC1. The first-order chi connectivity index (χ1) is 28.7. The molecule has 0 spiro atoms. The Bertz CT molecular complexity index is 2190. The molecular formula is C44H52N6O8S2. The minimum atomic E-state index is -0.626. The van der Waals surface area contributed by atoms with E-state index in [0.29, 0.717) is 74.8 Å². The van der Waals surface area contributed by atoms with Gasteiger partial charge in [0.1, 0.15) is 12.1 Å². The maximum atomic E-state index is 12.8. The lowest BCUT2D eigenvalue weighted by atomic mass is 9.81. The highest BCUT2D eigenvalue weighted by Gasteiger charge is 2.42. The van der Waals surface area contributed by atoms with Crippen LogP contribution in [0.1, 0.15) is 137 Å². The Kier molecular flexibility index (Phi) is 13.3. The van der Waals surface area contributed by atoms with E-state index in [-0.39, 0.29) is 48.3 Å². The van der Waals surface area contributed by atoms with Crippen LogP contribution >= 0.6 is 22.7 Å². The van der Waals surface area contributed by atoms with Crippen LogP contribution in [0.5, 0.6) is 0 Å². The summed E-state index contributed by atoms with van der Waals surface area (Å²) < 4.78 is 0. The average molecular weight is 857 g/mol. The van der Waals surface area contributed by atoms with Crippen LogP contribution in [-0.4, -0.2) is 69.1 Å². The Morgan fingerprint density at radius 2 is 1.18 bits per heavy atom. The zero-order chi connectivity index (χ0) is 42.7. The van der Waals surface area contributed by atoms with Gasteiger partial charge in [0.15, 0.2) is 0 Å². The molecule has 1 aromatic carbocycles. The van der Waals surface area contributed by atoms with E-state index < -0.39 is 23.9 Å². The van der Waals surface area contributed by atoms with Crippen molar-refractivity contribution in [3.8, 4) is 0 Å². The van der Waals surface area contributed by atoms with Gasteiger partial charge in [-0.05, 0) is 65.7 Å². The summed E-state index contributed by atoms with van der Waals surface area (Å²) in [5.74, 6) is -0.0832. The van der Waals surface area contributed by atoms with Gasteiger partial charge in [-0.15, -0.1) is 22.7 Å². The van der Waals surface area contributed by atoms with Crippen LogP contribution in [-0.2, 0) is 61.4 Å². The molecule has 318 valence electrons. The average Bonchev–Trinajstić information content (AvgIpc) is 3.97. The highest BCUT2D eigenvalue weighted by molar-refractivity contribution is 7.10. The monoisotopic (exact) mass is 856 g/mol. The first-order valence-corrected chi connectivity index (χ1v) is 22.6. The van der Waals surface area contributed by atoms with Gasteiger partial charge in [-0.3, -0.25) is 49.0 Å². The number of hydrogen-bond donors (Lipinski definition) is 4. The van der Waals surface area contributed by atoms with Crippen LogP contribution < -0.4 is 21.3 Å². The molecule has 0 bridgehead atoms. The number of hydrogen-bond acceptors (Lipinski definition) is 10. The zero-order valence-corrected chi connectivity index (χ0v) is 35.9. The highest BCUT2D eigenvalue weighted by atomic mass is 32.1. The van der Waals surface area contributed by atoms with Crippen molar-refractivity contribution in [2.75, 3.05) is 0 Å². The summed E-state index contributed by atoms with van der Waals surface area (Å²) in [5.41, 5.74) is 5.16. The molecule has 16 heteroatoms. The van der Waals surface area contributed by atoms with Crippen LogP contribution in [0.2, 0.25) is 0 Å². The van der Waals surface area contributed by atoms with Crippen molar-refractivity contribution in [2.24, 2.45) is 11.8 Å².